The van der Waals surface area contributed by atoms with E-state index in [1.807, 2.05) is 0 Å². The van der Waals surface area contributed by atoms with E-state index >= 15 is 0 Å². The number of hydrogen-bond acceptors (Lipinski definition) is 5. The number of methoxy groups -OCH3 is 1. The van der Waals surface area contributed by atoms with Crippen molar-refractivity contribution in [2.75, 3.05) is 38.3 Å². The zero-order chi connectivity index (χ0) is 12.8. The molecule has 5 nitrogen and oxygen atoms in total. The van der Waals surface area contributed by atoms with Crippen molar-refractivity contribution < 1.29 is 9.84 Å². The van der Waals surface area contributed by atoms with Gasteiger partial charge in [-0.3, -0.25) is 0 Å². The first kappa shape index (κ1) is 13.2. The Labute approximate surface area is 108 Å². The number of aliphatic hydroxyl groups excluding tert-OH is 1. The average molecular weight is 251 g/mol. The molecule has 0 atom stereocenters. The van der Waals surface area contributed by atoms with E-state index in [1.54, 1.807) is 13.4 Å². The van der Waals surface area contributed by atoms with Crippen molar-refractivity contribution in [3.8, 4) is 0 Å². The van der Waals surface area contributed by atoms with Crippen molar-refractivity contribution in [1.82, 2.24) is 9.97 Å². The van der Waals surface area contributed by atoms with Gasteiger partial charge < -0.3 is 14.7 Å². The van der Waals surface area contributed by atoms with Gasteiger partial charge in [0.1, 0.15) is 12.1 Å². The van der Waals surface area contributed by atoms with E-state index in [0.717, 1.165) is 25.2 Å². The van der Waals surface area contributed by atoms with Crippen LogP contribution in [0.3, 0.4) is 0 Å². The van der Waals surface area contributed by atoms with E-state index in [2.05, 4.69) is 14.9 Å². The van der Waals surface area contributed by atoms with Crippen molar-refractivity contribution in [2.24, 2.45) is 0 Å². The Morgan fingerprint density at radius 2 is 2.11 bits per heavy atom. The number of hydrogen-bond donors (Lipinski definition) is 1. The summed E-state index contributed by atoms with van der Waals surface area (Å²) in [5.74, 6) is 0.978. The summed E-state index contributed by atoms with van der Waals surface area (Å²) in [6.45, 7) is 2.11. The van der Waals surface area contributed by atoms with E-state index in [-0.39, 0.29) is 6.61 Å². The van der Waals surface area contributed by atoms with Gasteiger partial charge in [-0.05, 0) is 25.7 Å². The molecule has 0 saturated heterocycles. The molecular formula is C13H21N3O2. The van der Waals surface area contributed by atoms with Gasteiger partial charge in [0.15, 0.2) is 0 Å². The highest BCUT2D eigenvalue weighted by Gasteiger charge is 2.19. The number of nitrogens with zero attached hydrogens (tertiary/aromatic N) is 3. The minimum Gasteiger partial charge on any atom is -0.395 e. The smallest absolute Gasteiger partial charge is 0.135 e. The molecule has 1 aromatic heterocycles. The van der Waals surface area contributed by atoms with Crippen LogP contribution >= 0.6 is 0 Å². The quantitative estimate of drug-likeness (QED) is 0.810. The maximum absolute atomic E-state index is 9.18. The Balaban J connectivity index is 2.22. The van der Waals surface area contributed by atoms with Crippen molar-refractivity contribution in [2.45, 2.75) is 25.7 Å². The molecule has 1 aliphatic carbocycles. The van der Waals surface area contributed by atoms with Gasteiger partial charge >= 0.3 is 0 Å². The molecule has 0 aliphatic heterocycles. The molecule has 0 spiro atoms. The second-order valence-electron chi connectivity index (χ2n) is 4.53. The summed E-state index contributed by atoms with van der Waals surface area (Å²) >= 11 is 0. The van der Waals surface area contributed by atoms with Gasteiger partial charge in [-0.25, -0.2) is 9.97 Å². The van der Waals surface area contributed by atoms with Crippen LogP contribution in [0.1, 0.15) is 24.1 Å². The van der Waals surface area contributed by atoms with E-state index < -0.39 is 0 Å². The van der Waals surface area contributed by atoms with Crippen LogP contribution in [0.5, 0.6) is 0 Å². The third-order valence-electron chi connectivity index (χ3n) is 3.34. The molecule has 5 heteroatoms. The van der Waals surface area contributed by atoms with E-state index in [4.69, 9.17) is 4.74 Å². The summed E-state index contributed by atoms with van der Waals surface area (Å²) in [5.41, 5.74) is 2.43. The van der Waals surface area contributed by atoms with Gasteiger partial charge in [-0.1, -0.05) is 0 Å². The lowest BCUT2D eigenvalue weighted by Crippen LogP contribution is -2.32. The molecule has 0 radical (unpaired) electrons. The second-order valence-corrected chi connectivity index (χ2v) is 4.53. The number of ether oxygens (including phenoxy) is 1. The first-order chi connectivity index (χ1) is 8.86. The third kappa shape index (κ3) is 2.97. The monoisotopic (exact) mass is 251 g/mol. The molecule has 0 aromatic carbocycles. The molecule has 100 valence electrons. The van der Waals surface area contributed by atoms with Crippen LogP contribution in [0.2, 0.25) is 0 Å². The topological polar surface area (TPSA) is 58.5 Å². The second kappa shape index (κ2) is 6.66. The fourth-order valence-corrected chi connectivity index (χ4v) is 2.42. The van der Waals surface area contributed by atoms with Gasteiger partial charge in [-0.15, -0.1) is 0 Å². The van der Waals surface area contributed by atoms with Gasteiger partial charge in [0, 0.05) is 31.5 Å². The largest absolute Gasteiger partial charge is 0.395 e. The maximum Gasteiger partial charge on any atom is 0.135 e. The fraction of sp³-hybridized carbons (Fsp3) is 0.692. The Bertz CT molecular complexity index is 384. The predicted octanol–water partition coefficient (Wildman–Crippen LogP) is 0.800. The molecule has 0 unspecified atom stereocenters. The fourth-order valence-electron chi connectivity index (χ4n) is 2.42. The summed E-state index contributed by atoms with van der Waals surface area (Å²) in [6, 6.07) is 0. The molecule has 1 aliphatic rings. The molecule has 2 rings (SSSR count). The third-order valence-corrected chi connectivity index (χ3v) is 3.34. The lowest BCUT2D eigenvalue weighted by molar-refractivity contribution is 0.202. The molecule has 18 heavy (non-hydrogen) atoms. The maximum atomic E-state index is 9.18. The Morgan fingerprint density at radius 1 is 1.28 bits per heavy atom. The van der Waals surface area contributed by atoms with E-state index in [9.17, 15) is 5.11 Å². The predicted molar refractivity (Wildman–Crippen MR) is 69.8 cm³/mol. The first-order valence-electron chi connectivity index (χ1n) is 6.54. The Morgan fingerprint density at radius 3 is 2.89 bits per heavy atom. The van der Waals surface area contributed by atoms with Gasteiger partial charge in [0.25, 0.3) is 0 Å². The van der Waals surface area contributed by atoms with Gasteiger partial charge in [0.05, 0.1) is 13.2 Å². The zero-order valence-corrected chi connectivity index (χ0v) is 10.9. The van der Waals surface area contributed by atoms with Crippen LogP contribution in [-0.4, -0.2) is 48.5 Å². The van der Waals surface area contributed by atoms with Crippen molar-refractivity contribution >= 4 is 5.82 Å². The summed E-state index contributed by atoms with van der Waals surface area (Å²) in [4.78, 5) is 10.9. The first-order valence-corrected chi connectivity index (χ1v) is 6.54. The number of aromatic nitrogens is 2. The summed E-state index contributed by atoms with van der Waals surface area (Å²) in [6.07, 6.45) is 6.13. The zero-order valence-electron chi connectivity index (χ0n) is 10.9. The highest BCUT2D eigenvalue weighted by molar-refractivity contribution is 5.49. The van der Waals surface area contributed by atoms with Crippen molar-refractivity contribution in [3.63, 3.8) is 0 Å². The normalized spacial score (nSPS) is 14.3. The van der Waals surface area contributed by atoms with Crippen LogP contribution in [-0.2, 0) is 17.6 Å². The lowest BCUT2D eigenvalue weighted by Gasteiger charge is -2.27. The van der Waals surface area contributed by atoms with Gasteiger partial charge in [-0.2, -0.15) is 0 Å². The number of aliphatic hydroxyl groups is 1. The number of rotatable bonds is 6. The molecule has 0 bridgehead atoms. The van der Waals surface area contributed by atoms with Crippen LogP contribution in [0.15, 0.2) is 6.33 Å². The van der Waals surface area contributed by atoms with Crippen molar-refractivity contribution in [1.29, 1.82) is 0 Å². The average Bonchev–Trinajstić information content (AvgIpc) is 2.43. The molecule has 1 aromatic rings. The standard InChI is InChI=1S/C13H21N3O2/c1-18-9-7-16(6-8-17)13-11-4-2-3-5-12(11)14-10-15-13/h10,17H,2-9H2,1H3. The van der Waals surface area contributed by atoms with Crippen molar-refractivity contribution in [3.05, 3.63) is 17.6 Å². The van der Waals surface area contributed by atoms with E-state index in [1.165, 1.54) is 24.1 Å². The van der Waals surface area contributed by atoms with Crippen LogP contribution < -0.4 is 4.90 Å². The number of aryl methyl sites for hydroxylation is 1. The molecular weight excluding hydrogens is 230 g/mol. The van der Waals surface area contributed by atoms with Gasteiger partial charge in [0.2, 0.25) is 0 Å². The number of fused-ring (bicyclic) bond motifs is 1. The molecule has 0 fully saturated rings. The minimum absolute atomic E-state index is 0.127. The number of anilines is 1. The Hall–Kier alpha value is -1.20. The minimum atomic E-state index is 0.127. The highest BCUT2D eigenvalue weighted by atomic mass is 16.5. The van der Waals surface area contributed by atoms with Crippen LogP contribution in [0.4, 0.5) is 5.82 Å². The van der Waals surface area contributed by atoms with Crippen LogP contribution in [0, 0.1) is 0 Å². The summed E-state index contributed by atoms with van der Waals surface area (Å²) in [5, 5.41) is 9.18. The molecule has 0 saturated carbocycles. The summed E-state index contributed by atoms with van der Waals surface area (Å²) < 4.78 is 5.12. The highest BCUT2D eigenvalue weighted by Crippen LogP contribution is 2.26. The Kier molecular flexibility index (Phi) is 4.90. The summed E-state index contributed by atoms with van der Waals surface area (Å²) in [7, 11) is 1.69. The lowest BCUT2D eigenvalue weighted by atomic mass is 9.96. The van der Waals surface area contributed by atoms with Crippen LogP contribution in [0.25, 0.3) is 0 Å². The SMILES string of the molecule is COCCN(CCO)c1ncnc2c1CCCC2. The molecule has 1 heterocycles. The van der Waals surface area contributed by atoms with E-state index in [0.29, 0.717) is 13.2 Å². The molecule has 1 N–H and O–H groups in total. The molecule has 0 amide bonds.